The highest BCUT2D eigenvalue weighted by Crippen LogP contribution is 2.27. The first kappa shape index (κ1) is 16.0. The third kappa shape index (κ3) is 3.49. The Morgan fingerprint density at radius 2 is 1.84 bits per heavy atom. The zero-order valence-corrected chi connectivity index (χ0v) is 15.0. The van der Waals surface area contributed by atoms with E-state index in [-0.39, 0.29) is 11.8 Å². The van der Waals surface area contributed by atoms with Crippen LogP contribution >= 0.6 is 15.9 Å². The molecular weight excluding hydrogens is 382 g/mol. The van der Waals surface area contributed by atoms with Crippen LogP contribution in [0.5, 0.6) is 0 Å². The fraction of sp³-hybridized carbons (Fsp3) is 0.211. The van der Waals surface area contributed by atoms with E-state index in [2.05, 4.69) is 26.1 Å². The summed E-state index contributed by atoms with van der Waals surface area (Å²) in [6.07, 6.45) is 0.651. The second-order valence-electron chi connectivity index (χ2n) is 6.13. The number of hydrogen-bond donors (Lipinski definition) is 0. The summed E-state index contributed by atoms with van der Waals surface area (Å²) in [5.41, 5.74) is 1.84. The first-order valence-electron chi connectivity index (χ1n) is 8.10. The normalized spacial score (nSPS) is 14.4. The van der Waals surface area contributed by atoms with Crippen molar-refractivity contribution in [3.05, 3.63) is 81.9 Å². The molecule has 1 amide bonds. The van der Waals surface area contributed by atoms with Gasteiger partial charge in [-0.2, -0.15) is 4.98 Å². The standard InChI is InChI=1S/C19H16BrN3O2/c20-16-8-6-14(7-9-16)19(24)23-11-15(12-23)18-21-17(22-25-18)10-13-4-2-1-3-5-13/h1-9,15H,10-12H2. The molecule has 0 N–H and O–H groups in total. The maximum atomic E-state index is 12.4. The topological polar surface area (TPSA) is 59.2 Å². The van der Waals surface area contributed by atoms with Gasteiger partial charge in [0.2, 0.25) is 5.89 Å². The molecule has 0 saturated carbocycles. The lowest BCUT2D eigenvalue weighted by Gasteiger charge is -2.37. The molecule has 126 valence electrons. The van der Waals surface area contributed by atoms with Gasteiger partial charge in [0.25, 0.3) is 5.91 Å². The minimum atomic E-state index is 0.0350. The number of hydrogen-bond acceptors (Lipinski definition) is 4. The Hall–Kier alpha value is -2.47. The molecule has 0 spiro atoms. The highest BCUT2D eigenvalue weighted by molar-refractivity contribution is 9.10. The van der Waals surface area contributed by atoms with Gasteiger partial charge in [-0.05, 0) is 29.8 Å². The zero-order valence-electron chi connectivity index (χ0n) is 13.4. The number of nitrogens with zero attached hydrogens (tertiary/aromatic N) is 3. The van der Waals surface area contributed by atoms with Gasteiger partial charge >= 0.3 is 0 Å². The number of benzene rings is 2. The predicted octanol–water partition coefficient (Wildman–Crippen LogP) is 3.66. The summed E-state index contributed by atoms with van der Waals surface area (Å²) >= 11 is 3.38. The van der Waals surface area contributed by atoms with E-state index in [4.69, 9.17) is 4.52 Å². The quantitative estimate of drug-likeness (QED) is 0.673. The number of halogens is 1. The summed E-state index contributed by atoms with van der Waals surface area (Å²) in [4.78, 5) is 18.7. The van der Waals surface area contributed by atoms with Gasteiger partial charge < -0.3 is 9.42 Å². The number of amides is 1. The average Bonchev–Trinajstić information content (AvgIpc) is 3.03. The summed E-state index contributed by atoms with van der Waals surface area (Å²) in [6, 6.07) is 17.4. The van der Waals surface area contributed by atoms with E-state index in [1.54, 1.807) is 4.90 Å². The molecule has 1 saturated heterocycles. The van der Waals surface area contributed by atoms with Gasteiger partial charge in [0.15, 0.2) is 5.82 Å². The second-order valence-corrected chi connectivity index (χ2v) is 7.04. The van der Waals surface area contributed by atoms with Crippen LogP contribution in [0.15, 0.2) is 63.6 Å². The van der Waals surface area contributed by atoms with Crippen molar-refractivity contribution in [1.82, 2.24) is 15.0 Å². The lowest BCUT2D eigenvalue weighted by molar-refractivity contribution is 0.0569. The number of rotatable bonds is 4. The van der Waals surface area contributed by atoms with E-state index in [1.165, 1.54) is 0 Å². The predicted molar refractivity (Wildman–Crippen MR) is 96.3 cm³/mol. The molecule has 3 aromatic rings. The first-order chi connectivity index (χ1) is 12.2. The molecule has 0 atom stereocenters. The Morgan fingerprint density at radius 3 is 2.56 bits per heavy atom. The van der Waals surface area contributed by atoms with Gasteiger partial charge in [0.1, 0.15) is 0 Å². The van der Waals surface area contributed by atoms with Gasteiger partial charge in [-0.15, -0.1) is 0 Å². The van der Waals surface area contributed by atoms with Crippen LogP contribution in [0.4, 0.5) is 0 Å². The van der Waals surface area contributed by atoms with Crippen LogP contribution in [0.2, 0.25) is 0 Å². The van der Waals surface area contributed by atoms with Crippen molar-refractivity contribution in [1.29, 1.82) is 0 Å². The summed E-state index contributed by atoms with van der Waals surface area (Å²) < 4.78 is 6.35. The Bertz CT molecular complexity index is 871. The smallest absolute Gasteiger partial charge is 0.253 e. The molecule has 0 bridgehead atoms. The minimum absolute atomic E-state index is 0.0350. The highest BCUT2D eigenvalue weighted by Gasteiger charge is 2.35. The third-order valence-electron chi connectivity index (χ3n) is 4.30. The lowest BCUT2D eigenvalue weighted by Crippen LogP contribution is -2.48. The Balaban J connectivity index is 1.36. The summed E-state index contributed by atoms with van der Waals surface area (Å²) in [6.45, 7) is 1.23. The molecule has 2 heterocycles. The van der Waals surface area contributed by atoms with E-state index in [0.29, 0.717) is 36.8 Å². The van der Waals surface area contributed by atoms with Crippen molar-refractivity contribution in [3.63, 3.8) is 0 Å². The maximum absolute atomic E-state index is 12.4. The van der Waals surface area contributed by atoms with Crippen LogP contribution in [-0.2, 0) is 6.42 Å². The Labute approximate surface area is 153 Å². The fourth-order valence-electron chi connectivity index (χ4n) is 2.86. The number of carbonyl (C=O) groups is 1. The van der Waals surface area contributed by atoms with Gasteiger partial charge in [0.05, 0.1) is 5.92 Å². The van der Waals surface area contributed by atoms with Crippen molar-refractivity contribution in [2.45, 2.75) is 12.3 Å². The molecule has 25 heavy (non-hydrogen) atoms. The van der Waals surface area contributed by atoms with Gasteiger partial charge in [0, 0.05) is 29.5 Å². The summed E-state index contributed by atoms with van der Waals surface area (Å²) in [7, 11) is 0. The Kier molecular flexibility index (Phi) is 4.36. The third-order valence-corrected chi connectivity index (χ3v) is 4.83. The van der Waals surface area contributed by atoms with Crippen LogP contribution in [0.25, 0.3) is 0 Å². The second kappa shape index (κ2) is 6.80. The van der Waals surface area contributed by atoms with Crippen LogP contribution in [-0.4, -0.2) is 34.0 Å². The molecule has 0 aliphatic carbocycles. The molecule has 1 fully saturated rings. The van der Waals surface area contributed by atoms with E-state index in [0.717, 1.165) is 10.0 Å². The summed E-state index contributed by atoms with van der Waals surface area (Å²) in [5.74, 6) is 1.45. The first-order valence-corrected chi connectivity index (χ1v) is 8.89. The molecule has 1 aromatic heterocycles. The number of likely N-dealkylation sites (tertiary alicyclic amines) is 1. The Morgan fingerprint density at radius 1 is 1.12 bits per heavy atom. The van der Waals surface area contributed by atoms with Crippen molar-refractivity contribution < 1.29 is 9.32 Å². The van der Waals surface area contributed by atoms with Gasteiger partial charge in [-0.1, -0.05) is 51.4 Å². The molecule has 0 radical (unpaired) electrons. The number of aromatic nitrogens is 2. The number of carbonyl (C=O) groups excluding carboxylic acids is 1. The van der Waals surface area contributed by atoms with Crippen molar-refractivity contribution >= 4 is 21.8 Å². The molecule has 4 rings (SSSR count). The lowest BCUT2D eigenvalue weighted by atomic mass is 9.99. The van der Waals surface area contributed by atoms with E-state index < -0.39 is 0 Å². The highest BCUT2D eigenvalue weighted by atomic mass is 79.9. The van der Waals surface area contributed by atoms with Crippen LogP contribution in [0.1, 0.15) is 33.6 Å². The monoisotopic (exact) mass is 397 g/mol. The van der Waals surface area contributed by atoms with Crippen LogP contribution < -0.4 is 0 Å². The van der Waals surface area contributed by atoms with Crippen LogP contribution in [0.3, 0.4) is 0 Å². The van der Waals surface area contributed by atoms with Crippen molar-refractivity contribution in [2.24, 2.45) is 0 Å². The fourth-order valence-corrected chi connectivity index (χ4v) is 3.12. The molecule has 5 nitrogen and oxygen atoms in total. The zero-order chi connectivity index (χ0) is 17.2. The van der Waals surface area contributed by atoms with E-state index >= 15 is 0 Å². The van der Waals surface area contributed by atoms with E-state index in [9.17, 15) is 4.79 Å². The van der Waals surface area contributed by atoms with Crippen molar-refractivity contribution in [3.8, 4) is 0 Å². The largest absolute Gasteiger partial charge is 0.339 e. The maximum Gasteiger partial charge on any atom is 0.253 e. The SMILES string of the molecule is O=C(c1ccc(Br)cc1)N1CC(c2nc(Cc3ccccc3)no2)C1. The van der Waals surface area contributed by atoms with Gasteiger partial charge in [-0.25, -0.2) is 0 Å². The van der Waals surface area contributed by atoms with Crippen LogP contribution in [0, 0.1) is 0 Å². The molecule has 1 aliphatic heterocycles. The molecule has 6 heteroatoms. The molecule has 1 aliphatic rings. The average molecular weight is 398 g/mol. The minimum Gasteiger partial charge on any atom is -0.339 e. The van der Waals surface area contributed by atoms with E-state index in [1.807, 2.05) is 54.6 Å². The van der Waals surface area contributed by atoms with Gasteiger partial charge in [-0.3, -0.25) is 4.79 Å². The summed E-state index contributed by atoms with van der Waals surface area (Å²) in [5, 5.41) is 4.06. The molecule has 2 aromatic carbocycles. The molecular formula is C19H16BrN3O2. The van der Waals surface area contributed by atoms with Crippen molar-refractivity contribution in [2.75, 3.05) is 13.1 Å². The molecule has 0 unspecified atom stereocenters.